The van der Waals surface area contributed by atoms with Crippen molar-refractivity contribution in [3.8, 4) is 0 Å². The molecule has 0 aliphatic rings. The molecule has 3 nitrogen and oxygen atoms in total. The number of nitrogens with one attached hydrogen (secondary N) is 1. The van der Waals surface area contributed by atoms with Crippen molar-refractivity contribution in [1.29, 1.82) is 0 Å². The van der Waals surface area contributed by atoms with Crippen LogP contribution in [0.25, 0.3) is 0 Å². The second kappa shape index (κ2) is 7.61. The van der Waals surface area contributed by atoms with E-state index in [4.69, 9.17) is 0 Å². The number of rotatable bonds is 5. The molecule has 0 unspecified atom stereocenters. The third kappa shape index (κ3) is 4.20. The van der Waals surface area contributed by atoms with Crippen molar-refractivity contribution < 1.29 is 4.79 Å². The van der Waals surface area contributed by atoms with Crippen molar-refractivity contribution in [3.05, 3.63) is 90.8 Å². The van der Waals surface area contributed by atoms with E-state index in [2.05, 4.69) is 10.3 Å². The Bertz CT molecular complexity index is 748. The van der Waals surface area contributed by atoms with Crippen LogP contribution in [-0.2, 0) is 4.79 Å². The van der Waals surface area contributed by atoms with Gasteiger partial charge in [-0.15, -0.1) is 11.8 Å². The number of carbonyl (C=O) groups is 1. The first-order chi connectivity index (χ1) is 11.3. The Kier molecular flexibility index (Phi) is 5.06. The van der Waals surface area contributed by atoms with E-state index in [0.717, 1.165) is 10.5 Å². The quantitative estimate of drug-likeness (QED) is 0.701. The maximum absolute atomic E-state index is 12.8. The van der Waals surface area contributed by atoms with E-state index in [1.165, 1.54) is 11.8 Å². The predicted molar refractivity (Wildman–Crippen MR) is 94.3 cm³/mol. The van der Waals surface area contributed by atoms with Crippen molar-refractivity contribution in [2.24, 2.45) is 0 Å². The molecule has 1 atom stereocenters. The first kappa shape index (κ1) is 15.3. The Labute approximate surface area is 139 Å². The Balaban J connectivity index is 1.84. The van der Waals surface area contributed by atoms with Crippen molar-refractivity contribution in [2.75, 3.05) is 5.32 Å². The summed E-state index contributed by atoms with van der Waals surface area (Å²) in [6.07, 6.45) is 3.33. The lowest BCUT2D eigenvalue weighted by Crippen LogP contribution is -2.19. The van der Waals surface area contributed by atoms with E-state index in [0.29, 0.717) is 5.69 Å². The van der Waals surface area contributed by atoms with Crippen LogP contribution in [0.15, 0.2) is 90.1 Å². The van der Waals surface area contributed by atoms with Gasteiger partial charge >= 0.3 is 0 Å². The molecule has 0 bridgehead atoms. The zero-order valence-electron chi connectivity index (χ0n) is 12.4. The first-order valence-corrected chi connectivity index (χ1v) is 8.18. The first-order valence-electron chi connectivity index (χ1n) is 7.30. The summed E-state index contributed by atoms with van der Waals surface area (Å²) < 4.78 is 0. The van der Waals surface area contributed by atoms with Crippen LogP contribution < -0.4 is 5.32 Å². The zero-order valence-corrected chi connectivity index (χ0v) is 13.2. The Hall–Kier alpha value is -2.59. The molecule has 3 aromatic rings. The summed E-state index contributed by atoms with van der Waals surface area (Å²) in [6.45, 7) is 0. The molecule has 0 spiro atoms. The maximum atomic E-state index is 12.8. The number of hydrogen-bond acceptors (Lipinski definition) is 3. The largest absolute Gasteiger partial charge is 0.323 e. The minimum Gasteiger partial charge on any atom is -0.323 e. The topological polar surface area (TPSA) is 42.0 Å². The van der Waals surface area contributed by atoms with E-state index >= 15 is 0 Å². The number of nitrogens with zero attached hydrogens (tertiary/aromatic N) is 1. The molecular formula is C19H16N2OS. The molecule has 1 heterocycles. The Morgan fingerprint density at radius 3 is 2.26 bits per heavy atom. The molecule has 1 amide bonds. The number of pyridine rings is 1. The van der Waals surface area contributed by atoms with Gasteiger partial charge in [0.2, 0.25) is 5.91 Å². The molecule has 1 aromatic heterocycles. The molecule has 0 aliphatic heterocycles. The molecule has 1 N–H and O–H groups in total. The summed E-state index contributed by atoms with van der Waals surface area (Å²) in [4.78, 5) is 17.8. The van der Waals surface area contributed by atoms with Crippen LogP contribution in [0.1, 0.15) is 10.8 Å². The zero-order chi connectivity index (χ0) is 15.9. The number of anilines is 1. The summed E-state index contributed by atoms with van der Waals surface area (Å²) in [5, 5.41) is 2.62. The van der Waals surface area contributed by atoms with Gasteiger partial charge in [-0.05, 0) is 29.8 Å². The number of amides is 1. The molecule has 0 radical (unpaired) electrons. The average molecular weight is 320 g/mol. The molecule has 23 heavy (non-hydrogen) atoms. The third-order valence-corrected chi connectivity index (χ3v) is 4.53. The van der Waals surface area contributed by atoms with Gasteiger partial charge in [-0.3, -0.25) is 9.78 Å². The van der Waals surface area contributed by atoms with Gasteiger partial charge in [-0.1, -0.05) is 48.5 Å². The molecule has 2 aromatic carbocycles. The summed E-state index contributed by atoms with van der Waals surface area (Å²) in [5.41, 5.74) is 1.68. The molecule has 4 heteroatoms. The van der Waals surface area contributed by atoms with Crippen molar-refractivity contribution in [1.82, 2.24) is 4.98 Å². The van der Waals surface area contributed by atoms with Gasteiger partial charge in [0.05, 0.1) is 11.9 Å². The van der Waals surface area contributed by atoms with Crippen molar-refractivity contribution in [2.45, 2.75) is 10.1 Å². The fourth-order valence-corrected chi connectivity index (χ4v) is 3.23. The van der Waals surface area contributed by atoms with E-state index in [9.17, 15) is 4.79 Å². The predicted octanol–water partition coefficient (Wildman–Crippen LogP) is 4.55. The number of aromatic nitrogens is 1. The van der Waals surface area contributed by atoms with Gasteiger partial charge in [0.25, 0.3) is 0 Å². The normalized spacial score (nSPS) is 11.7. The lowest BCUT2D eigenvalue weighted by atomic mass is 10.1. The lowest BCUT2D eigenvalue weighted by molar-refractivity contribution is -0.115. The van der Waals surface area contributed by atoms with Crippen LogP contribution in [0.5, 0.6) is 0 Å². The molecule has 0 saturated heterocycles. The van der Waals surface area contributed by atoms with Gasteiger partial charge in [0.1, 0.15) is 5.25 Å². The minimum absolute atomic E-state index is 0.0574. The van der Waals surface area contributed by atoms with E-state index in [1.807, 2.05) is 66.7 Å². The SMILES string of the molecule is O=C(Nc1cccnc1)[C@H](Sc1ccccc1)c1ccccc1. The van der Waals surface area contributed by atoms with E-state index < -0.39 is 0 Å². The average Bonchev–Trinajstić information content (AvgIpc) is 2.62. The maximum Gasteiger partial charge on any atom is 0.242 e. The van der Waals surface area contributed by atoms with Crippen LogP contribution in [0.3, 0.4) is 0 Å². The van der Waals surface area contributed by atoms with Crippen LogP contribution >= 0.6 is 11.8 Å². The third-order valence-electron chi connectivity index (χ3n) is 3.27. The molecule has 0 saturated carbocycles. The smallest absolute Gasteiger partial charge is 0.242 e. The van der Waals surface area contributed by atoms with Crippen molar-refractivity contribution in [3.63, 3.8) is 0 Å². The number of carbonyl (C=O) groups excluding carboxylic acids is 1. The number of thioether (sulfide) groups is 1. The molecular weight excluding hydrogens is 304 g/mol. The van der Waals surface area contributed by atoms with E-state index in [1.54, 1.807) is 18.5 Å². The van der Waals surface area contributed by atoms with E-state index in [-0.39, 0.29) is 11.2 Å². The Morgan fingerprint density at radius 2 is 1.61 bits per heavy atom. The van der Waals surface area contributed by atoms with Gasteiger partial charge < -0.3 is 5.32 Å². The van der Waals surface area contributed by atoms with Gasteiger partial charge in [0.15, 0.2) is 0 Å². The lowest BCUT2D eigenvalue weighted by Gasteiger charge is -2.17. The number of hydrogen-bond donors (Lipinski definition) is 1. The van der Waals surface area contributed by atoms with Gasteiger partial charge in [-0.2, -0.15) is 0 Å². The monoisotopic (exact) mass is 320 g/mol. The van der Waals surface area contributed by atoms with Gasteiger partial charge in [0, 0.05) is 11.1 Å². The molecule has 114 valence electrons. The second-order valence-corrected chi connectivity index (χ2v) is 6.13. The van der Waals surface area contributed by atoms with Crippen molar-refractivity contribution >= 4 is 23.4 Å². The van der Waals surface area contributed by atoms with Crippen LogP contribution in [0, 0.1) is 0 Å². The van der Waals surface area contributed by atoms with Crippen LogP contribution in [-0.4, -0.2) is 10.9 Å². The fraction of sp³-hybridized carbons (Fsp3) is 0.0526. The number of benzene rings is 2. The highest BCUT2D eigenvalue weighted by atomic mass is 32.2. The highest BCUT2D eigenvalue weighted by Gasteiger charge is 2.22. The second-order valence-electron chi connectivity index (χ2n) is 4.95. The standard InChI is InChI=1S/C19H16N2OS/c22-19(21-16-10-7-13-20-14-16)18(15-8-3-1-4-9-15)23-17-11-5-2-6-12-17/h1-14,18H,(H,21,22)/t18-/m1/s1. The van der Waals surface area contributed by atoms with Gasteiger partial charge in [-0.25, -0.2) is 0 Å². The van der Waals surface area contributed by atoms with Crippen LogP contribution in [0.4, 0.5) is 5.69 Å². The molecule has 3 rings (SSSR count). The summed E-state index contributed by atoms with van der Waals surface area (Å²) in [6, 6.07) is 23.4. The molecule has 0 fully saturated rings. The fourth-order valence-electron chi connectivity index (χ4n) is 2.18. The summed E-state index contributed by atoms with van der Waals surface area (Å²) in [7, 11) is 0. The Morgan fingerprint density at radius 1 is 0.913 bits per heavy atom. The highest BCUT2D eigenvalue weighted by Crippen LogP contribution is 2.35. The molecule has 0 aliphatic carbocycles. The van der Waals surface area contributed by atoms with Crippen LogP contribution in [0.2, 0.25) is 0 Å². The highest BCUT2D eigenvalue weighted by molar-refractivity contribution is 8.00. The summed E-state index contributed by atoms with van der Waals surface area (Å²) >= 11 is 1.54. The minimum atomic E-state index is -0.321. The summed E-state index contributed by atoms with van der Waals surface area (Å²) in [5.74, 6) is -0.0574.